The number of nitrogens with zero attached hydrogens (tertiary/aromatic N) is 2. The predicted molar refractivity (Wildman–Crippen MR) is 129 cm³/mol. The van der Waals surface area contributed by atoms with Gasteiger partial charge in [0, 0.05) is 28.9 Å². The van der Waals surface area contributed by atoms with Crippen molar-refractivity contribution in [1.29, 1.82) is 0 Å². The number of methoxy groups -OCH3 is 3. The molecule has 1 heterocycles. The van der Waals surface area contributed by atoms with Crippen LogP contribution in [0.5, 0.6) is 28.7 Å². The molecule has 0 bridgehead atoms. The summed E-state index contributed by atoms with van der Waals surface area (Å²) in [5.41, 5.74) is 1.97. The first kappa shape index (κ1) is 22.7. The number of amides is 1. The van der Waals surface area contributed by atoms with E-state index in [-0.39, 0.29) is 6.54 Å². The lowest BCUT2D eigenvalue weighted by atomic mass is 10.1. The SMILES string of the molecule is COc1ccccc1CN(C(=O)O)c1ccc(Oc2ccnc3cc(OC)c(OC)cc23)cc1. The molecule has 1 amide bonds. The molecule has 0 aliphatic carbocycles. The minimum atomic E-state index is -1.07. The van der Waals surface area contributed by atoms with Crippen molar-refractivity contribution in [3.63, 3.8) is 0 Å². The third-order valence-corrected chi connectivity index (χ3v) is 5.33. The molecule has 8 nitrogen and oxygen atoms in total. The van der Waals surface area contributed by atoms with Gasteiger partial charge in [0.15, 0.2) is 11.5 Å². The normalized spacial score (nSPS) is 10.6. The lowest BCUT2D eigenvalue weighted by Crippen LogP contribution is -2.28. The summed E-state index contributed by atoms with van der Waals surface area (Å²) in [5, 5.41) is 10.5. The molecule has 0 fully saturated rings. The molecule has 0 spiro atoms. The van der Waals surface area contributed by atoms with E-state index in [1.165, 1.54) is 4.90 Å². The molecule has 4 aromatic rings. The van der Waals surface area contributed by atoms with Gasteiger partial charge in [0.1, 0.15) is 17.2 Å². The minimum absolute atomic E-state index is 0.149. The number of rotatable bonds is 8. The third-order valence-electron chi connectivity index (χ3n) is 5.33. The van der Waals surface area contributed by atoms with Crippen LogP contribution in [0.15, 0.2) is 72.9 Å². The van der Waals surface area contributed by atoms with Gasteiger partial charge in [-0.2, -0.15) is 0 Å². The Morgan fingerprint density at radius 3 is 2.21 bits per heavy atom. The summed E-state index contributed by atoms with van der Waals surface area (Å²) in [6.07, 6.45) is 0.581. The van der Waals surface area contributed by atoms with E-state index in [1.807, 2.05) is 24.3 Å². The maximum Gasteiger partial charge on any atom is 0.412 e. The number of hydrogen-bond donors (Lipinski definition) is 1. The number of para-hydroxylation sites is 1. The molecule has 1 aromatic heterocycles. The number of hydrogen-bond acceptors (Lipinski definition) is 6. The number of carboxylic acid groups (broad SMARTS) is 1. The fraction of sp³-hybridized carbons (Fsp3) is 0.154. The van der Waals surface area contributed by atoms with E-state index >= 15 is 0 Å². The van der Waals surface area contributed by atoms with Crippen LogP contribution in [0, 0.1) is 0 Å². The minimum Gasteiger partial charge on any atom is -0.496 e. The quantitative estimate of drug-likeness (QED) is 0.359. The van der Waals surface area contributed by atoms with Crippen LogP contribution in [-0.2, 0) is 6.54 Å². The first-order valence-electron chi connectivity index (χ1n) is 10.4. The lowest BCUT2D eigenvalue weighted by Gasteiger charge is -2.21. The molecule has 0 radical (unpaired) electrons. The zero-order chi connectivity index (χ0) is 24.1. The first-order valence-corrected chi connectivity index (χ1v) is 10.4. The van der Waals surface area contributed by atoms with Crippen molar-refractivity contribution in [3.05, 3.63) is 78.5 Å². The second-order valence-corrected chi connectivity index (χ2v) is 7.31. The number of pyridine rings is 1. The number of benzene rings is 3. The number of aromatic nitrogens is 1. The topological polar surface area (TPSA) is 90.4 Å². The molecule has 3 aromatic carbocycles. The van der Waals surface area contributed by atoms with Crippen LogP contribution in [0.2, 0.25) is 0 Å². The molecular formula is C26H24N2O6. The van der Waals surface area contributed by atoms with E-state index in [0.29, 0.717) is 40.0 Å². The molecule has 1 N–H and O–H groups in total. The largest absolute Gasteiger partial charge is 0.496 e. The monoisotopic (exact) mass is 460 g/mol. The van der Waals surface area contributed by atoms with Gasteiger partial charge in [-0.05, 0) is 42.5 Å². The highest BCUT2D eigenvalue weighted by Gasteiger charge is 2.17. The van der Waals surface area contributed by atoms with Gasteiger partial charge in [-0.15, -0.1) is 0 Å². The summed E-state index contributed by atoms with van der Waals surface area (Å²) in [4.78, 5) is 17.6. The summed E-state index contributed by atoms with van der Waals surface area (Å²) in [5.74, 6) is 2.91. The highest BCUT2D eigenvalue weighted by Crippen LogP contribution is 2.37. The van der Waals surface area contributed by atoms with Gasteiger partial charge in [-0.25, -0.2) is 4.79 Å². The zero-order valence-electron chi connectivity index (χ0n) is 19.0. The average molecular weight is 460 g/mol. The Morgan fingerprint density at radius 2 is 1.53 bits per heavy atom. The van der Waals surface area contributed by atoms with Gasteiger partial charge >= 0.3 is 6.09 Å². The maximum atomic E-state index is 12.0. The molecule has 0 unspecified atom stereocenters. The Morgan fingerprint density at radius 1 is 0.853 bits per heavy atom. The second kappa shape index (κ2) is 9.99. The molecule has 34 heavy (non-hydrogen) atoms. The van der Waals surface area contributed by atoms with Crippen molar-refractivity contribution in [2.75, 3.05) is 26.2 Å². The highest BCUT2D eigenvalue weighted by molar-refractivity contribution is 5.88. The molecule has 8 heteroatoms. The average Bonchev–Trinajstić information content (AvgIpc) is 2.87. The summed E-state index contributed by atoms with van der Waals surface area (Å²) in [6.45, 7) is 0.149. The molecule has 174 valence electrons. The van der Waals surface area contributed by atoms with Crippen molar-refractivity contribution >= 4 is 22.7 Å². The van der Waals surface area contributed by atoms with Crippen molar-refractivity contribution in [1.82, 2.24) is 4.98 Å². The molecule has 0 saturated carbocycles. The number of fused-ring (bicyclic) bond motifs is 1. The molecule has 0 atom stereocenters. The highest BCUT2D eigenvalue weighted by atomic mass is 16.5. The number of anilines is 1. The Bertz CT molecular complexity index is 1310. The summed E-state index contributed by atoms with van der Waals surface area (Å²) < 4.78 is 22.2. The number of carbonyl (C=O) groups is 1. The van der Waals surface area contributed by atoms with E-state index in [0.717, 1.165) is 10.9 Å². The number of ether oxygens (including phenoxy) is 4. The molecule has 0 aliphatic rings. The van der Waals surface area contributed by atoms with E-state index in [1.54, 1.807) is 70.0 Å². The van der Waals surface area contributed by atoms with Crippen molar-refractivity contribution in [2.45, 2.75) is 6.54 Å². The van der Waals surface area contributed by atoms with Crippen LogP contribution < -0.4 is 23.8 Å². The van der Waals surface area contributed by atoms with Crippen molar-refractivity contribution < 1.29 is 28.8 Å². The molecular weight excluding hydrogens is 436 g/mol. The Hall–Kier alpha value is -4.46. The van der Waals surface area contributed by atoms with Gasteiger partial charge in [-0.3, -0.25) is 9.88 Å². The Labute approximate surface area is 196 Å². The van der Waals surface area contributed by atoms with Crippen LogP contribution in [0.1, 0.15) is 5.56 Å². The van der Waals surface area contributed by atoms with E-state index in [4.69, 9.17) is 18.9 Å². The Balaban J connectivity index is 1.60. The van der Waals surface area contributed by atoms with Gasteiger partial charge in [-0.1, -0.05) is 18.2 Å². The van der Waals surface area contributed by atoms with E-state index in [9.17, 15) is 9.90 Å². The summed E-state index contributed by atoms with van der Waals surface area (Å²) in [7, 11) is 4.70. The molecule has 0 aliphatic heterocycles. The summed E-state index contributed by atoms with van der Waals surface area (Å²) >= 11 is 0. The van der Waals surface area contributed by atoms with Crippen LogP contribution in [0.3, 0.4) is 0 Å². The molecule has 0 saturated heterocycles. The van der Waals surface area contributed by atoms with Crippen LogP contribution in [0.4, 0.5) is 10.5 Å². The van der Waals surface area contributed by atoms with Crippen molar-refractivity contribution in [2.24, 2.45) is 0 Å². The van der Waals surface area contributed by atoms with Crippen LogP contribution >= 0.6 is 0 Å². The second-order valence-electron chi connectivity index (χ2n) is 7.31. The first-order chi connectivity index (χ1) is 16.5. The lowest BCUT2D eigenvalue weighted by molar-refractivity contribution is 0.201. The predicted octanol–water partition coefficient (Wildman–Crippen LogP) is 5.74. The van der Waals surface area contributed by atoms with Gasteiger partial charge in [0.05, 0.1) is 33.4 Å². The van der Waals surface area contributed by atoms with E-state index < -0.39 is 6.09 Å². The van der Waals surface area contributed by atoms with Crippen molar-refractivity contribution in [3.8, 4) is 28.7 Å². The zero-order valence-corrected chi connectivity index (χ0v) is 19.0. The van der Waals surface area contributed by atoms with Gasteiger partial charge in [0.2, 0.25) is 0 Å². The maximum absolute atomic E-state index is 12.0. The third kappa shape index (κ3) is 4.66. The summed E-state index contributed by atoms with van der Waals surface area (Å²) in [6, 6.07) is 19.5. The fourth-order valence-electron chi connectivity index (χ4n) is 3.63. The van der Waals surface area contributed by atoms with Crippen LogP contribution in [-0.4, -0.2) is 37.5 Å². The fourth-order valence-corrected chi connectivity index (χ4v) is 3.63. The van der Waals surface area contributed by atoms with Gasteiger partial charge in [0.25, 0.3) is 0 Å². The standard InChI is InChI=1S/C26H24N2O6/c1-31-22-7-5-4-6-17(22)16-28(26(29)30)18-8-10-19(11-9-18)34-23-12-13-27-21-15-25(33-3)24(32-2)14-20(21)23/h4-15H,16H2,1-3H3,(H,29,30). The van der Waals surface area contributed by atoms with E-state index in [2.05, 4.69) is 4.98 Å². The Kier molecular flexibility index (Phi) is 6.68. The van der Waals surface area contributed by atoms with Crippen LogP contribution in [0.25, 0.3) is 10.9 Å². The molecule has 4 rings (SSSR count). The smallest absolute Gasteiger partial charge is 0.412 e. The van der Waals surface area contributed by atoms with Gasteiger partial charge < -0.3 is 24.1 Å².